The molecule has 0 atom stereocenters. The number of benzene rings is 1. The Morgan fingerprint density at radius 1 is 1.38 bits per heavy atom. The van der Waals surface area contributed by atoms with Crippen LogP contribution in [0.15, 0.2) is 35.7 Å². The fourth-order valence-electron chi connectivity index (χ4n) is 2.37. The molecule has 0 fully saturated rings. The molecule has 0 unspecified atom stereocenters. The van der Waals surface area contributed by atoms with Crippen LogP contribution in [0.1, 0.15) is 12.1 Å². The summed E-state index contributed by atoms with van der Waals surface area (Å²) in [4.78, 5) is 19.0. The number of nitro groups is 1. The van der Waals surface area contributed by atoms with E-state index < -0.39 is 4.92 Å². The smallest absolute Gasteiger partial charge is 0.260 e. The van der Waals surface area contributed by atoms with Gasteiger partial charge in [-0.05, 0) is 25.5 Å². The normalized spacial score (nSPS) is 11.3. The maximum absolute atomic E-state index is 10.9. The highest BCUT2D eigenvalue weighted by atomic mass is 16.6. The summed E-state index contributed by atoms with van der Waals surface area (Å²) in [6.45, 7) is 2.75. The number of nitrogens with one attached hydrogen (secondary N) is 1. The Hall–Kier alpha value is -3.10. The number of aromatic nitrogens is 2. The number of aliphatic imine (C=N–C) groups is 1. The minimum atomic E-state index is -0.416. The van der Waals surface area contributed by atoms with Crippen LogP contribution in [-0.2, 0) is 6.54 Å². The minimum absolute atomic E-state index is 0.278. The first-order valence-corrected chi connectivity index (χ1v) is 8.14. The van der Waals surface area contributed by atoms with Gasteiger partial charge in [0.15, 0.2) is 5.84 Å². The number of nitrogens with zero attached hydrogens (tertiary/aromatic N) is 4. The maximum Gasteiger partial charge on any atom is 0.260 e. The predicted octanol–water partition coefficient (Wildman–Crippen LogP) is 2.39. The molecule has 0 aliphatic heterocycles. The highest BCUT2D eigenvalue weighted by Gasteiger charge is 2.12. The molecular formula is C17H23N5O4. The van der Waals surface area contributed by atoms with Gasteiger partial charge < -0.3 is 19.4 Å². The number of aryl methyl sites for hydroxylation is 2. The number of hydrogen-bond donors (Lipinski definition) is 1. The van der Waals surface area contributed by atoms with Crippen molar-refractivity contribution in [2.75, 3.05) is 32.6 Å². The molecule has 1 N–H and O–H groups in total. The van der Waals surface area contributed by atoms with Crippen LogP contribution in [0.4, 0.5) is 5.69 Å². The standard InChI is InChI=1S/C17H23N5O4/c1-13-10-21(12-19-13)8-4-7-18-17(11-22(23)24)20-15-6-5-14(25-2)9-16(15)26-3/h5-6,9-10,12H,4,7-8,11H2,1-3H3,(H,18,20). The molecule has 2 rings (SSSR count). The Morgan fingerprint density at radius 2 is 2.19 bits per heavy atom. The van der Waals surface area contributed by atoms with Gasteiger partial charge in [0.1, 0.15) is 11.5 Å². The monoisotopic (exact) mass is 361 g/mol. The molecule has 0 aliphatic rings. The molecule has 0 saturated carbocycles. The summed E-state index contributed by atoms with van der Waals surface area (Å²) >= 11 is 0. The van der Waals surface area contributed by atoms with Crippen molar-refractivity contribution in [2.24, 2.45) is 4.99 Å². The SMILES string of the molecule is COc1ccc(NC(C[N+](=O)[O-])=NCCCn2cnc(C)c2)c(OC)c1. The van der Waals surface area contributed by atoms with Gasteiger partial charge in [-0.25, -0.2) is 4.98 Å². The van der Waals surface area contributed by atoms with Crippen molar-refractivity contribution in [2.45, 2.75) is 19.9 Å². The van der Waals surface area contributed by atoms with E-state index in [2.05, 4.69) is 15.3 Å². The molecule has 2 aromatic rings. The van der Waals surface area contributed by atoms with Gasteiger partial charge in [-0.2, -0.15) is 0 Å². The Morgan fingerprint density at radius 3 is 2.81 bits per heavy atom. The topological polar surface area (TPSA) is 104 Å². The number of anilines is 1. The Balaban J connectivity index is 2.03. The van der Waals surface area contributed by atoms with Crippen LogP contribution in [0.5, 0.6) is 11.5 Å². The molecule has 0 radical (unpaired) electrons. The van der Waals surface area contributed by atoms with Crippen LogP contribution in [0.25, 0.3) is 0 Å². The summed E-state index contributed by atoms with van der Waals surface area (Å²) in [5.41, 5.74) is 1.55. The van der Waals surface area contributed by atoms with Gasteiger partial charge in [0, 0.05) is 30.3 Å². The van der Waals surface area contributed by atoms with E-state index in [9.17, 15) is 10.1 Å². The first kappa shape index (κ1) is 19.2. The molecule has 140 valence electrons. The van der Waals surface area contributed by atoms with Gasteiger partial charge in [0.2, 0.25) is 0 Å². The van der Waals surface area contributed by atoms with Crippen molar-refractivity contribution >= 4 is 11.5 Å². The molecule has 9 nitrogen and oxygen atoms in total. The first-order valence-electron chi connectivity index (χ1n) is 8.14. The lowest BCUT2D eigenvalue weighted by molar-refractivity contribution is -0.463. The van der Waals surface area contributed by atoms with Crippen LogP contribution in [-0.4, -0.2) is 47.6 Å². The zero-order valence-corrected chi connectivity index (χ0v) is 15.1. The third-order valence-corrected chi connectivity index (χ3v) is 3.61. The van der Waals surface area contributed by atoms with E-state index in [4.69, 9.17) is 9.47 Å². The molecule has 0 aliphatic carbocycles. The number of methoxy groups -OCH3 is 2. The lowest BCUT2D eigenvalue weighted by Gasteiger charge is -2.12. The van der Waals surface area contributed by atoms with Gasteiger partial charge in [-0.1, -0.05) is 0 Å². The summed E-state index contributed by atoms with van der Waals surface area (Å²) in [5.74, 6) is 1.44. The summed E-state index contributed by atoms with van der Waals surface area (Å²) in [6.07, 6.45) is 4.46. The van der Waals surface area contributed by atoms with Gasteiger partial charge in [-0.3, -0.25) is 15.1 Å². The second kappa shape index (κ2) is 9.40. The number of hydrogen-bond acceptors (Lipinski definition) is 6. The first-order chi connectivity index (χ1) is 12.5. The van der Waals surface area contributed by atoms with E-state index in [1.165, 1.54) is 7.11 Å². The Kier molecular flexibility index (Phi) is 6.95. The summed E-state index contributed by atoms with van der Waals surface area (Å²) in [6, 6.07) is 5.19. The number of imidazole rings is 1. The van der Waals surface area contributed by atoms with Gasteiger partial charge in [0.25, 0.3) is 6.54 Å². The number of amidine groups is 1. The fraction of sp³-hybridized carbons (Fsp3) is 0.412. The zero-order chi connectivity index (χ0) is 18.9. The van der Waals surface area contributed by atoms with Crippen LogP contribution in [0, 0.1) is 17.0 Å². The molecule has 9 heteroatoms. The van der Waals surface area contributed by atoms with Crippen LogP contribution < -0.4 is 14.8 Å². The van der Waals surface area contributed by atoms with E-state index in [-0.39, 0.29) is 12.4 Å². The summed E-state index contributed by atoms with van der Waals surface area (Å²) < 4.78 is 12.4. The molecule has 1 aromatic heterocycles. The average molecular weight is 361 g/mol. The molecule has 26 heavy (non-hydrogen) atoms. The second-order valence-electron chi connectivity index (χ2n) is 5.62. The average Bonchev–Trinajstić information content (AvgIpc) is 3.03. The lowest BCUT2D eigenvalue weighted by Crippen LogP contribution is -2.23. The van der Waals surface area contributed by atoms with Crippen LogP contribution in [0.2, 0.25) is 0 Å². The number of rotatable bonds is 9. The Labute approximate surface area is 151 Å². The fourth-order valence-corrected chi connectivity index (χ4v) is 2.37. The van der Waals surface area contributed by atoms with E-state index >= 15 is 0 Å². The van der Waals surface area contributed by atoms with E-state index in [0.717, 1.165) is 18.7 Å². The van der Waals surface area contributed by atoms with Crippen molar-refractivity contribution in [1.82, 2.24) is 9.55 Å². The quantitative estimate of drug-likeness (QED) is 0.242. The second-order valence-corrected chi connectivity index (χ2v) is 5.62. The van der Waals surface area contributed by atoms with Gasteiger partial charge in [-0.15, -0.1) is 0 Å². The highest BCUT2D eigenvalue weighted by molar-refractivity contribution is 5.97. The third kappa shape index (κ3) is 5.76. The largest absolute Gasteiger partial charge is 0.497 e. The highest BCUT2D eigenvalue weighted by Crippen LogP contribution is 2.29. The van der Waals surface area contributed by atoms with Gasteiger partial charge >= 0.3 is 0 Å². The van der Waals surface area contributed by atoms with Crippen molar-refractivity contribution in [1.29, 1.82) is 0 Å². The van der Waals surface area contributed by atoms with Crippen molar-refractivity contribution in [3.63, 3.8) is 0 Å². The minimum Gasteiger partial charge on any atom is -0.497 e. The molecule has 1 heterocycles. The van der Waals surface area contributed by atoms with Gasteiger partial charge in [0.05, 0.1) is 31.9 Å². The van der Waals surface area contributed by atoms with Crippen molar-refractivity contribution < 1.29 is 14.4 Å². The lowest BCUT2D eigenvalue weighted by atomic mass is 10.2. The number of ether oxygens (including phenoxy) is 2. The van der Waals surface area contributed by atoms with E-state index in [1.54, 1.807) is 31.6 Å². The molecule has 0 amide bonds. The third-order valence-electron chi connectivity index (χ3n) is 3.61. The predicted molar refractivity (Wildman–Crippen MR) is 98.9 cm³/mol. The molecule has 0 spiro atoms. The zero-order valence-electron chi connectivity index (χ0n) is 15.1. The van der Waals surface area contributed by atoms with Crippen LogP contribution in [0.3, 0.4) is 0 Å². The van der Waals surface area contributed by atoms with E-state index in [0.29, 0.717) is 23.7 Å². The van der Waals surface area contributed by atoms with Crippen molar-refractivity contribution in [3.05, 3.63) is 46.5 Å². The molecular weight excluding hydrogens is 338 g/mol. The van der Waals surface area contributed by atoms with E-state index in [1.807, 2.05) is 17.7 Å². The molecule has 0 bridgehead atoms. The Bertz CT molecular complexity index is 772. The molecule has 0 saturated heterocycles. The summed E-state index contributed by atoms with van der Waals surface area (Å²) in [7, 11) is 3.08. The summed E-state index contributed by atoms with van der Waals surface area (Å²) in [5, 5.41) is 13.9. The van der Waals surface area contributed by atoms with Crippen LogP contribution >= 0.6 is 0 Å². The van der Waals surface area contributed by atoms with Crippen molar-refractivity contribution in [3.8, 4) is 11.5 Å². The molecule has 1 aromatic carbocycles. The maximum atomic E-state index is 10.9.